The smallest absolute Gasteiger partial charge is 0.213 e. The van der Waals surface area contributed by atoms with Gasteiger partial charge in [-0.25, -0.2) is 4.98 Å². The van der Waals surface area contributed by atoms with Crippen LogP contribution in [0.2, 0.25) is 0 Å². The molecule has 0 unspecified atom stereocenters. The molecule has 1 aromatic rings. The molecule has 0 bridgehead atoms. The van der Waals surface area contributed by atoms with Gasteiger partial charge >= 0.3 is 0 Å². The minimum atomic E-state index is 0. The molecule has 2 N–H and O–H groups in total. The third kappa shape index (κ3) is 9.34. The van der Waals surface area contributed by atoms with Crippen molar-refractivity contribution in [3.63, 3.8) is 0 Å². The Labute approximate surface area is 155 Å². The lowest BCUT2D eigenvalue weighted by molar-refractivity contribution is 0.326. The lowest BCUT2D eigenvalue weighted by atomic mass is 10.2. The molecule has 0 aromatic carbocycles. The van der Waals surface area contributed by atoms with Gasteiger partial charge in [0.05, 0.1) is 6.61 Å². The van der Waals surface area contributed by atoms with Crippen LogP contribution in [0.5, 0.6) is 5.88 Å². The van der Waals surface area contributed by atoms with Gasteiger partial charge in [-0.3, -0.25) is 4.99 Å². The monoisotopic (exact) mass is 438 g/mol. The maximum Gasteiger partial charge on any atom is 0.213 e. The number of aliphatic imine (C=N–C) groups is 1. The molecule has 1 aromatic heterocycles. The Morgan fingerprint density at radius 2 is 2.18 bits per heavy atom. The van der Waals surface area contributed by atoms with Crippen LogP contribution in [0.3, 0.4) is 0 Å². The van der Waals surface area contributed by atoms with Crippen LogP contribution in [0.25, 0.3) is 0 Å². The Morgan fingerprint density at radius 3 is 2.86 bits per heavy atom. The van der Waals surface area contributed by atoms with E-state index in [-0.39, 0.29) is 24.0 Å². The second-order valence-corrected chi connectivity index (χ2v) is 5.47. The van der Waals surface area contributed by atoms with Crippen molar-refractivity contribution >= 4 is 41.7 Å². The maximum atomic E-state index is 5.40. The number of thioether (sulfide) groups is 1. The Kier molecular flexibility index (Phi) is 13.5. The summed E-state index contributed by atoms with van der Waals surface area (Å²) in [6.07, 6.45) is 6.29. The number of pyridine rings is 1. The third-order valence-electron chi connectivity index (χ3n) is 2.84. The van der Waals surface area contributed by atoms with E-state index in [0.717, 1.165) is 24.5 Å². The van der Waals surface area contributed by atoms with E-state index in [1.165, 1.54) is 12.2 Å². The highest BCUT2D eigenvalue weighted by molar-refractivity contribution is 14.0. The number of unbranched alkanes of at least 4 members (excludes halogenated alkanes) is 1. The van der Waals surface area contributed by atoms with Gasteiger partial charge in [-0.1, -0.05) is 0 Å². The molecule has 0 fully saturated rings. The molecule has 22 heavy (non-hydrogen) atoms. The standard InChI is InChI=1S/C15H26N4OS.HI/c1-4-20-14-11-13(7-9-17-14)12-19-15(16-2)18-8-5-6-10-21-3;/h7,9,11H,4-6,8,10,12H2,1-3H3,(H2,16,18,19);1H. The van der Waals surface area contributed by atoms with Crippen LogP contribution in [-0.4, -0.2) is 43.2 Å². The molecule has 0 saturated carbocycles. The van der Waals surface area contributed by atoms with Crippen molar-refractivity contribution < 1.29 is 4.74 Å². The number of hydrogen-bond acceptors (Lipinski definition) is 4. The number of rotatable bonds is 9. The summed E-state index contributed by atoms with van der Waals surface area (Å²) in [5.74, 6) is 2.70. The number of nitrogens with zero attached hydrogens (tertiary/aromatic N) is 2. The largest absolute Gasteiger partial charge is 0.478 e. The molecular weight excluding hydrogens is 411 g/mol. The Balaban J connectivity index is 0.00000441. The second-order valence-electron chi connectivity index (χ2n) is 4.49. The summed E-state index contributed by atoms with van der Waals surface area (Å²) in [7, 11) is 1.79. The number of halogens is 1. The van der Waals surface area contributed by atoms with Crippen molar-refractivity contribution in [2.45, 2.75) is 26.3 Å². The first-order valence-electron chi connectivity index (χ1n) is 7.31. The van der Waals surface area contributed by atoms with E-state index in [4.69, 9.17) is 4.74 Å². The van der Waals surface area contributed by atoms with Gasteiger partial charge in [-0.15, -0.1) is 24.0 Å². The molecule has 5 nitrogen and oxygen atoms in total. The van der Waals surface area contributed by atoms with Crippen molar-refractivity contribution in [1.82, 2.24) is 15.6 Å². The SMILES string of the molecule is CCOc1cc(CNC(=NC)NCCCCSC)ccn1.I. The average molecular weight is 438 g/mol. The van der Waals surface area contributed by atoms with Crippen LogP contribution < -0.4 is 15.4 Å². The summed E-state index contributed by atoms with van der Waals surface area (Å²) in [5, 5.41) is 6.62. The van der Waals surface area contributed by atoms with Crippen LogP contribution in [0, 0.1) is 0 Å². The van der Waals surface area contributed by atoms with Crippen molar-refractivity contribution in [3.05, 3.63) is 23.9 Å². The van der Waals surface area contributed by atoms with Gasteiger partial charge in [0.2, 0.25) is 5.88 Å². The number of aromatic nitrogens is 1. The molecule has 0 amide bonds. The molecule has 0 atom stereocenters. The van der Waals surface area contributed by atoms with Crippen molar-refractivity contribution in [2.75, 3.05) is 32.2 Å². The van der Waals surface area contributed by atoms with E-state index in [9.17, 15) is 0 Å². The fourth-order valence-corrected chi connectivity index (χ4v) is 2.26. The lowest BCUT2D eigenvalue weighted by Gasteiger charge is -2.12. The van der Waals surface area contributed by atoms with E-state index >= 15 is 0 Å². The highest BCUT2D eigenvalue weighted by Crippen LogP contribution is 2.08. The summed E-state index contributed by atoms with van der Waals surface area (Å²) >= 11 is 1.89. The van der Waals surface area contributed by atoms with Crippen LogP contribution in [0.15, 0.2) is 23.3 Å². The molecule has 0 aliphatic heterocycles. The van der Waals surface area contributed by atoms with E-state index in [1.807, 2.05) is 30.8 Å². The first-order chi connectivity index (χ1) is 10.3. The molecule has 7 heteroatoms. The molecule has 0 spiro atoms. The van der Waals surface area contributed by atoms with Gasteiger partial charge in [0.15, 0.2) is 5.96 Å². The fourth-order valence-electron chi connectivity index (χ4n) is 1.77. The number of nitrogens with one attached hydrogen (secondary N) is 2. The fraction of sp³-hybridized carbons (Fsp3) is 0.600. The average Bonchev–Trinajstić information content (AvgIpc) is 2.51. The zero-order chi connectivity index (χ0) is 15.3. The first kappa shape index (κ1) is 21.3. The van der Waals surface area contributed by atoms with Gasteiger partial charge in [0, 0.05) is 32.4 Å². The Bertz CT molecular complexity index is 432. The minimum Gasteiger partial charge on any atom is -0.478 e. The van der Waals surface area contributed by atoms with Gasteiger partial charge in [0.1, 0.15) is 0 Å². The van der Waals surface area contributed by atoms with E-state index < -0.39 is 0 Å². The zero-order valence-electron chi connectivity index (χ0n) is 13.6. The molecule has 0 aliphatic carbocycles. The van der Waals surface area contributed by atoms with E-state index in [1.54, 1.807) is 13.2 Å². The van der Waals surface area contributed by atoms with Crippen LogP contribution in [0.4, 0.5) is 0 Å². The summed E-state index contributed by atoms with van der Waals surface area (Å²) in [6, 6.07) is 3.92. The topological polar surface area (TPSA) is 58.5 Å². The molecule has 126 valence electrons. The Morgan fingerprint density at radius 1 is 1.36 bits per heavy atom. The molecule has 1 heterocycles. The second kappa shape index (κ2) is 13.9. The lowest BCUT2D eigenvalue weighted by Crippen LogP contribution is -2.37. The van der Waals surface area contributed by atoms with Crippen LogP contribution in [-0.2, 0) is 6.54 Å². The zero-order valence-corrected chi connectivity index (χ0v) is 16.7. The molecule has 0 radical (unpaired) electrons. The van der Waals surface area contributed by atoms with E-state index in [0.29, 0.717) is 19.0 Å². The van der Waals surface area contributed by atoms with Crippen molar-refractivity contribution in [3.8, 4) is 5.88 Å². The summed E-state index contributed by atoms with van der Waals surface area (Å²) in [5.41, 5.74) is 1.12. The summed E-state index contributed by atoms with van der Waals surface area (Å²) in [6.45, 7) is 4.23. The number of ether oxygens (including phenoxy) is 1. The molecular formula is C15H27IN4OS. The normalized spacial score (nSPS) is 10.8. The predicted octanol–water partition coefficient (Wildman–Crippen LogP) is 2.91. The maximum absolute atomic E-state index is 5.40. The number of guanidine groups is 1. The van der Waals surface area contributed by atoms with Gasteiger partial charge in [0.25, 0.3) is 0 Å². The van der Waals surface area contributed by atoms with Crippen LogP contribution in [0.1, 0.15) is 25.3 Å². The Hall–Kier alpha value is -0.700. The quantitative estimate of drug-likeness (QED) is 0.269. The predicted molar refractivity (Wildman–Crippen MR) is 107 cm³/mol. The van der Waals surface area contributed by atoms with Gasteiger partial charge < -0.3 is 15.4 Å². The first-order valence-corrected chi connectivity index (χ1v) is 8.70. The van der Waals surface area contributed by atoms with Crippen molar-refractivity contribution in [2.24, 2.45) is 4.99 Å². The van der Waals surface area contributed by atoms with Crippen molar-refractivity contribution in [1.29, 1.82) is 0 Å². The summed E-state index contributed by atoms with van der Waals surface area (Å²) < 4.78 is 5.40. The molecule has 0 saturated heterocycles. The van der Waals surface area contributed by atoms with Gasteiger partial charge in [-0.05, 0) is 43.4 Å². The minimum absolute atomic E-state index is 0. The summed E-state index contributed by atoms with van der Waals surface area (Å²) in [4.78, 5) is 8.38. The van der Waals surface area contributed by atoms with E-state index in [2.05, 4.69) is 26.9 Å². The molecule has 0 aliphatic rings. The third-order valence-corrected chi connectivity index (χ3v) is 3.54. The molecule has 1 rings (SSSR count). The van der Waals surface area contributed by atoms with Crippen LogP contribution >= 0.6 is 35.7 Å². The van der Waals surface area contributed by atoms with Gasteiger partial charge in [-0.2, -0.15) is 11.8 Å². The highest BCUT2D eigenvalue weighted by atomic mass is 127. The highest BCUT2D eigenvalue weighted by Gasteiger charge is 2.00. The number of hydrogen-bond donors (Lipinski definition) is 2.